The van der Waals surface area contributed by atoms with E-state index in [0.717, 1.165) is 25.8 Å². The maximum Gasteiger partial charge on any atom is 0.0360 e. The van der Waals surface area contributed by atoms with Crippen LogP contribution in [0.1, 0.15) is 49.1 Å². The molecule has 0 fully saturated rings. The minimum atomic E-state index is 0.397. The van der Waals surface area contributed by atoms with E-state index in [9.17, 15) is 0 Å². The van der Waals surface area contributed by atoms with E-state index in [1.54, 1.807) is 0 Å². The van der Waals surface area contributed by atoms with Crippen molar-refractivity contribution in [2.75, 3.05) is 6.54 Å². The van der Waals surface area contributed by atoms with E-state index in [0.29, 0.717) is 6.04 Å². The molecule has 1 atom stereocenters. The fourth-order valence-electron chi connectivity index (χ4n) is 2.94. The molecule has 0 bridgehead atoms. The molecule has 0 aliphatic rings. The zero-order chi connectivity index (χ0) is 15.1. The Morgan fingerprint density at radius 3 is 2.19 bits per heavy atom. The van der Waals surface area contributed by atoms with E-state index in [-0.39, 0.29) is 0 Å². The predicted molar refractivity (Wildman–Crippen MR) is 91.8 cm³/mol. The van der Waals surface area contributed by atoms with Gasteiger partial charge in [-0.05, 0) is 48.1 Å². The highest BCUT2D eigenvalue weighted by molar-refractivity contribution is 5.34. The molecule has 1 nitrogen and oxygen atoms in total. The molecule has 2 aromatic rings. The molecule has 0 aliphatic heterocycles. The maximum absolute atomic E-state index is 3.64. The van der Waals surface area contributed by atoms with Crippen molar-refractivity contribution in [2.24, 2.45) is 0 Å². The van der Waals surface area contributed by atoms with Crippen LogP contribution in [0.25, 0.3) is 0 Å². The number of hydrogen-bond acceptors (Lipinski definition) is 1. The number of rotatable bonds is 7. The molecule has 112 valence electrons. The van der Waals surface area contributed by atoms with E-state index < -0.39 is 0 Å². The van der Waals surface area contributed by atoms with E-state index in [1.807, 2.05) is 0 Å². The smallest absolute Gasteiger partial charge is 0.0360 e. The first kappa shape index (κ1) is 15.8. The Hall–Kier alpha value is -1.60. The van der Waals surface area contributed by atoms with Crippen LogP contribution in [-0.4, -0.2) is 6.54 Å². The van der Waals surface area contributed by atoms with Crippen LogP contribution in [0.15, 0.2) is 48.5 Å². The first-order valence-electron chi connectivity index (χ1n) is 8.17. The third-order valence-corrected chi connectivity index (χ3v) is 4.13. The SMILES string of the molecule is CCNC(Cc1ccccc1)c1ccc(CC)c(CC)c1. The van der Waals surface area contributed by atoms with Crippen LogP contribution >= 0.6 is 0 Å². The Balaban J connectivity index is 2.25. The van der Waals surface area contributed by atoms with Crippen LogP contribution in [0, 0.1) is 0 Å². The molecule has 0 radical (unpaired) electrons. The molecule has 0 aliphatic carbocycles. The van der Waals surface area contributed by atoms with Crippen molar-refractivity contribution in [1.29, 1.82) is 0 Å². The zero-order valence-electron chi connectivity index (χ0n) is 13.5. The molecule has 0 saturated carbocycles. The molecule has 1 N–H and O–H groups in total. The summed E-state index contributed by atoms with van der Waals surface area (Å²) in [6.07, 6.45) is 3.28. The second-order valence-electron chi connectivity index (χ2n) is 5.54. The standard InChI is InChI=1S/C20H27N/c1-4-17-12-13-19(15-18(17)5-2)20(21-6-3)14-16-10-8-7-9-11-16/h7-13,15,20-21H,4-6,14H2,1-3H3. The third kappa shape index (κ3) is 4.18. The summed E-state index contributed by atoms with van der Waals surface area (Å²) in [6.45, 7) is 7.66. The van der Waals surface area contributed by atoms with E-state index >= 15 is 0 Å². The third-order valence-electron chi connectivity index (χ3n) is 4.13. The number of aryl methyl sites for hydroxylation is 2. The molecule has 0 saturated heterocycles. The van der Waals surface area contributed by atoms with Gasteiger partial charge in [0.2, 0.25) is 0 Å². The van der Waals surface area contributed by atoms with Crippen LogP contribution in [0.3, 0.4) is 0 Å². The van der Waals surface area contributed by atoms with E-state index in [4.69, 9.17) is 0 Å². The molecule has 0 heterocycles. The fourth-order valence-corrected chi connectivity index (χ4v) is 2.94. The topological polar surface area (TPSA) is 12.0 Å². The van der Waals surface area contributed by atoms with Crippen molar-refractivity contribution < 1.29 is 0 Å². The van der Waals surface area contributed by atoms with Gasteiger partial charge in [0.05, 0.1) is 0 Å². The highest BCUT2D eigenvalue weighted by atomic mass is 14.9. The van der Waals surface area contributed by atoms with Crippen LogP contribution in [0.4, 0.5) is 0 Å². The first-order valence-corrected chi connectivity index (χ1v) is 8.17. The molecular formula is C20H27N. The van der Waals surface area contributed by atoms with Crippen molar-refractivity contribution >= 4 is 0 Å². The average molecular weight is 281 g/mol. The van der Waals surface area contributed by atoms with Gasteiger partial charge in [0.15, 0.2) is 0 Å². The Kier molecular flexibility index (Phi) is 6.01. The van der Waals surface area contributed by atoms with Gasteiger partial charge in [-0.15, -0.1) is 0 Å². The van der Waals surface area contributed by atoms with Gasteiger partial charge in [0.25, 0.3) is 0 Å². The molecule has 2 aromatic carbocycles. The molecule has 0 amide bonds. The van der Waals surface area contributed by atoms with E-state index in [1.165, 1.54) is 22.3 Å². The lowest BCUT2D eigenvalue weighted by Crippen LogP contribution is -2.23. The number of likely N-dealkylation sites (N-methyl/N-ethyl adjacent to an activating group) is 1. The van der Waals surface area contributed by atoms with Gasteiger partial charge in [0, 0.05) is 6.04 Å². The van der Waals surface area contributed by atoms with Crippen LogP contribution < -0.4 is 5.32 Å². The Morgan fingerprint density at radius 2 is 1.57 bits per heavy atom. The minimum absolute atomic E-state index is 0.397. The second kappa shape index (κ2) is 7.99. The van der Waals surface area contributed by atoms with Crippen molar-refractivity contribution in [3.8, 4) is 0 Å². The molecule has 1 unspecified atom stereocenters. The van der Waals surface area contributed by atoms with Crippen LogP contribution in [-0.2, 0) is 19.3 Å². The van der Waals surface area contributed by atoms with Gasteiger partial charge in [-0.3, -0.25) is 0 Å². The summed E-state index contributed by atoms with van der Waals surface area (Å²) in [6, 6.07) is 18.2. The monoisotopic (exact) mass is 281 g/mol. The molecule has 1 heteroatoms. The van der Waals surface area contributed by atoms with Crippen molar-refractivity contribution in [2.45, 2.75) is 46.1 Å². The zero-order valence-corrected chi connectivity index (χ0v) is 13.5. The quantitative estimate of drug-likeness (QED) is 0.775. The lowest BCUT2D eigenvalue weighted by molar-refractivity contribution is 0.549. The maximum atomic E-state index is 3.64. The average Bonchev–Trinajstić information content (AvgIpc) is 2.54. The van der Waals surface area contributed by atoms with E-state index in [2.05, 4.69) is 74.6 Å². The lowest BCUT2D eigenvalue weighted by atomic mass is 9.93. The highest BCUT2D eigenvalue weighted by Gasteiger charge is 2.12. The van der Waals surface area contributed by atoms with Crippen molar-refractivity contribution in [3.63, 3.8) is 0 Å². The number of benzene rings is 2. The summed E-state index contributed by atoms with van der Waals surface area (Å²) in [7, 11) is 0. The summed E-state index contributed by atoms with van der Waals surface area (Å²) in [5, 5.41) is 3.64. The van der Waals surface area contributed by atoms with Crippen molar-refractivity contribution in [1.82, 2.24) is 5.32 Å². The van der Waals surface area contributed by atoms with Gasteiger partial charge < -0.3 is 5.32 Å². The molecule has 2 rings (SSSR count). The molecule has 21 heavy (non-hydrogen) atoms. The Morgan fingerprint density at radius 1 is 0.857 bits per heavy atom. The predicted octanol–water partition coefficient (Wildman–Crippen LogP) is 4.70. The summed E-state index contributed by atoms with van der Waals surface area (Å²) in [5.41, 5.74) is 5.78. The molecular weight excluding hydrogens is 254 g/mol. The van der Waals surface area contributed by atoms with Gasteiger partial charge in [-0.1, -0.05) is 69.3 Å². The summed E-state index contributed by atoms with van der Waals surface area (Å²) < 4.78 is 0. The van der Waals surface area contributed by atoms with Gasteiger partial charge >= 0.3 is 0 Å². The summed E-state index contributed by atoms with van der Waals surface area (Å²) in [5.74, 6) is 0. The van der Waals surface area contributed by atoms with Gasteiger partial charge in [-0.25, -0.2) is 0 Å². The number of nitrogens with one attached hydrogen (secondary N) is 1. The second-order valence-corrected chi connectivity index (χ2v) is 5.54. The van der Waals surface area contributed by atoms with Crippen LogP contribution in [0.2, 0.25) is 0 Å². The highest BCUT2D eigenvalue weighted by Crippen LogP contribution is 2.22. The number of hydrogen-bond donors (Lipinski definition) is 1. The fraction of sp³-hybridized carbons (Fsp3) is 0.400. The van der Waals surface area contributed by atoms with Crippen LogP contribution in [0.5, 0.6) is 0 Å². The van der Waals surface area contributed by atoms with Crippen molar-refractivity contribution in [3.05, 3.63) is 70.8 Å². The molecule has 0 aromatic heterocycles. The minimum Gasteiger partial charge on any atom is -0.310 e. The lowest BCUT2D eigenvalue weighted by Gasteiger charge is -2.20. The summed E-state index contributed by atoms with van der Waals surface area (Å²) >= 11 is 0. The normalized spacial score (nSPS) is 12.3. The first-order chi connectivity index (χ1) is 10.3. The van der Waals surface area contributed by atoms with Gasteiger partial charge in [-0.2, -0.15) is 0 Å². The van der Waals surface area contributed by atoms with Gasteiger partial charge in [0.1, 0.15) is 0 Å². The summed E-state index contributed by atoms with van der Waals surface area (Å²) in [4.78, 5) is 0. The molecule has 0 spiro atoms. The largest absolute Gasteiger partial charge is 0.310 e. The Bertz CT molecular complexity index is 545. The Labute approximate surface area is 129 Å².